The highest BCUT2D eigenvalue weighted by Crippen LogP contribution is 2.25. The fourth-order valence-corrected chi connectivity index (χ4v) is 4.84. The lowest BCUT2D eigenvalue weighted by Crippen LogP contribution is -2.48. The van der Waals surface area contributed by atoms with Crippen LogP contribution in [0.3, 0.4) is 0 Å². The van der Waals surface area contributed by atoms with E-state index in [9.17, 15) is 4.79 Å². The van der Waals surface area contributed by atoms with Crippen LogP contribution >= 0.6 is 0 Å². The number of hydrogen-bond donors (Lipinski definition) is 0. The van der Waals surface area contributed by atoms with Crippen molar-refractivity contribution in [1.29, 1.82) is 0 Å². The Morgan fingerprint density at radius 3 is 2.43 bits per heavy atom. The van der Waals surface area contributed by atoms with Crippen molar-refractivity contribution >= 4 is 5.91 Å². The van der Waals surface area contributed by atoms with Gasteiger partial charge in [0.15, 0.2) is 5.76 Å². The first-order chi connectivity index (χ1) is 14.6. The zero-order valence-electron chi connectivity index (χ0n) is 18.3. The molecule has 0 N–H and O–H groups in total. The zero-order chi connectivity index (χ0) is 20.9. The summed E-state index contributed by atoms with van der Waals surface area (Å²) in [5.41, 5.74) is 2.00. The third-order valence-corrected chi connectivity index (χ3v) is 6.80. The Bertz CT molecular complexity index is 806. The lowest BCUT2D eigenvalue weighted by molar-refractivity contribution is 0.0564. The van der Waals surface area contributed by atoms with Crippen molar-refractivity contribution in [3.05, 3.63) is 53.7 Å². The molecule has 6 nitrogen and oxygen atoms in total. The van der Waals surface area contributed by atoms with Crippen molar-refractivity contribution in [2.45, 2.75) is 45.2 Å². The van der Waals surface area contributed by atoms with Crippen molar-refractivity contribution < 1.29 is 9.21 Å². The Morgan fingerprint density at radius 1 is 1.10 bits per heavy atom. The van der Waals surface area contributed by atoms with Gasteiger partial charge in [0, 0.05) is 37.1 Å². The van der Waals surface area contributed by atoms with E-state index in [-0.39, 0.29) is 5.91 Å². The van der Waals surface area contributed by atoms with Gasteiger partial charge in [-0.15, -0.1) is 0 Å². The summed E-state index contributed by atoms with van der Waals surface area (Å²) in [6.07, 6.45) is 10.1. The van der Waals surface area contributed by atoms with Gasteiger partial charge in [0.2, 0.25) is 0 Å². The van der Waals surface area contributed by atoms with Crippen LogP contribution in [0.5, 0.6) is 0 Å². The summed E-state index contributed by atoms with van der Waals surface area (Å²) >= 11 is 0. The second-order valence-electron chi connectivity index (χ2n) is 8.99. The van der Waals surface area contributed by atoms with Gasteiger partial charge >= 0.3 is 0 Å². The summed E-state index contributed by atoms with van der Waals surface area (Å²) in [4.78, 5) is 24.4. The third kappa shape index (κ3) is 5.10. The van der Waals surface area contributed by atoms with Gasteiger partial charge in [-0.2, -0.15) is 0 Å². The number of nitrogens with zero attached hydrogens (tertiary/aromatic N) is 4. The van der Waals surface area contributed by atoms with Crippen molar-refractivity contribution in [1.82, 2.24) is 19.7 Å². The quantitative estimate of drug-likeness (QED) is 0.730. The molecule has 4 rings (SSSR count). The maximum absolute atomic E-state index is 13.2. The Labute approximate surface area is 179 Å². The van der Waals surface area contributed by atoms with Crippen molar-refractivity contribution in [2.75, 3.05) is 39.8 Å². The van der Waals surface area contributed by atoms with Crippen LogP contribution in [0.25, 0.3) is 0 Å². The summed E-state index contributed by atoms with van der Waals surface area (Å²) in [6.45, 7) is 8.02. The summed E-state index contributed by atoms with van der Waals surface area (Å²) in [5.74, 6) is 0.994. The Hall–Kier alpha value is -2.18. The minimum absolute atomic E-state index is 0.00735. The number of aromatic nitrogens is 1. The molecular weight excluding hydrogens is 376 g/mol. The molecule has 1 amide bonds. The number of amides is 1. The Balaban J connectivity index is 1.38. The molecule has 162 valence electrons. The van der Waals surface area contributed by atoms with E-state index in [4.69, 9.17) is 4.42 Å². The van der Waals surface area contributed by atoms with Crippen LogP contribution in [0.2, 0.25) is 0 Å². The van der Waals surface area contributed by atoms with E-state index >= 15 is 0 Å². The molecule has 0 atom stereocenters. The van der Waals surface area contributed by atoms with Gasteiger partial charge in [-0.1, -0.05) is 0 Å². The Kier molecular flexibility index (Phi) is 6.85. The van der Waals surface area contributed by atoms with Gasteiger partial charge in [-0.05, 0) is 95.5 Å². The van der Waals surface area contributed by atoms with Crippen LogP contribution in [0.15, 0.2) is 41.3 Å². The van der Waals surface area contributed by atoms with E-state index in [1.165, 1.54) is 25.9 Å². The van der Waals surface area contributed by atoms with E-state index in [1.807, 2.05) is 30.0 Å². The van der Waals surface area contributed by atoms with Crippen LogP contribution in [0.4, 0.5) is 0 Å². The molecule has 0 bridgehead atoms. The van der Waals surface area contributed by atoms with Crippen LogP contribution in [-0.4, -0.2) is 71.4 Å². The summed E-state index contributed by atoms with van der Waals surface area (Å²) in [7, 11) is 2.22. The molecule has 2 saturated heterocycles. The van der Waals surface area contributed by atoms with E-state index in [1.54, 1.807) is 18.7 Å². The molecule has 4 heterocycles. The lowest BCUT2D eigenvalue weighted by atomic mass is 9.93. The number of likely N-dealkylation sites (tertiary alicyclic amines) is 2. The second-order valence-corrected chi connectivity index (χ2v) is 8.99. The largest absolute Gasteiger partial charge is 0.459 e. The van der Waals surface area contributed by atoms with E-state index in [2.05, 4.69) is 21.8 Å². The van der Waals surface area contributed by atoms with Crippen LogP contribution in [0, 0.1) is 12.8 Å². The highest BCUT2D eigenvalue weighted by molar-refractivity contribution is 5.92. The van der Waals surface area contributed by atoms with E-state index in [0.29, 0.717) is 18.2 Å². The normalized spacial score (nSPS) is 19.8. The van der Waals surface area contributed by atoms with E-state index in [0.717, 1.165) is 49.6 Å². The van der Waals surface area contributed by atoms with Gasteiger partial charge in [0.05, 0.1) is 6.26 Å². The molecule has 0 unspecified atom stereocenters. The van der Waals surface area contributed by atoms with Gasteiger partial charge in [0.1, 0.15) is 0 Å². The molecule has 0 aromatic carbocycles. The van der Waals surface area contributed by atoms with Gasteiger partial charge in [-0.3, -0.25) is 9.78 Å². The van der Waals surface area contributed by atoms with Crippen molar-refractivity contribution in [2.24, 2.45) is 5.92 Å². The summed E-state index contributed by atoms with van der Waals surface area (Å²) in [6, 6.07) is 6.57. The molecule has 2 aliphatic heterocycles. The standard InChI is InChI=1S/C24H34N4O2/c1-19-9-16-30-23(19)24(29)28(17-20-3-10-25-11-4-20)18-21-5-14-27(15-6-21)22-7-12-26(2)13-8-22/h3-4,9-11,16,21-22H,5-8,12-15,17-18H2,1-2H3. The lowest BCUT2D eigenvalue weighted by Gasteiger charge is -2.41. The summed E-state index contributed by atoms with van der Waals surface area (Å²) in [5, 5.41) is 0. The average molecular weight is 411 g/mol. The fraction of sp³-hybridized carbons (Fsp3) is 0.583. The Morgan fingerprint density at radius 2 is 1.80 bits per heavy atom. The first kappa shape index (κ1) is 21.1. The SMILES string of the molecule is Cc1ccoc1C(=O)N(Cc1ccncc1)CC1CCN(C2CCN(C)CC2)CC1. The first-order valence-electron chi connectivity index (χ1n) is 11.2. The molecule has 2 fully saturated rings. The predicted molar refractivity (Wildman–Crippen MR) is 117 cm³/mol. The number of carbonyl (C=O) groups excluding carboxylic acids is 1. The molecule has 6 heteroatoms. The number of rotatable bonds is 6. The molecular formula is C24H34N4O2. The maximum atomic E-state index is 13.2. The second kappa shape index (κ2) is 9.75. The highest BCUT2D eigenvalue weighted by atomic mass is 16.3. The molecule has 2 aromatic heterocycles. The smallest absolute Gasteiger partial charge is 0.290 e. The van der Waals surface area contributed by atoms with Crippen LogP contribution in [0.1, 0.15) is 47.4 Å². The van der Waals surface area contributed by atoms with Gasteiger partial charge in [0.25, 0.3) is 5.91 Å². The van der Waals surface area contributed by atoms with Gasteiger partial charge < -0.3 is 19.1 Å². The third-order valence-electron chi connectivity index (χ3n) is 6.80. The van der Waals surface area contributed by atoms with Crippen molar-refractivity contribution in [3.8, 4) is 0 Å². The number of piperidine rings is 2. The van der Waals surface area contributed by atoms with E-state index < -0.39 is 0 Å². The molecule has 2 aliphatic rings. The monoisotopic (exact) mass is 410 g/mol. The molecule has 0 saturated carbocycles. The number of aryl methyl sites for hydroxylation is 1. The minimum atomic E-state index is -0.00735. The maximum Gasteiger partial charge on any atom is 0.290 e. The topological polar surface area (TPSA) is 52.8 Å². The number of carbonyl (C=O) groups is 1. The highest BCUT2D eigenvalue weighted by Gasteiger charge is 2.30. The molecule has 0 radical (unpaired) electrons. The van der Waals surface area contributed by atoms with Crippen LogP contribution in [-0.2, 0) is 6.54 Å². The number of furan rings is 1. The fourth-order valence-electron chi connectivity index (χ4n) is 4.84. The predicted octanol–water partition coefficient (Wildman–Crippen LogP) is 3.43. The molecule has 30 heavy (non-hydrogen) atoms. The first-order valence-corrected chi connectivity index (χ1v) is 11.2. The molecule has 0 spiro atoms. The average Bonchev–Trinajstić information content (AvgIpc) is 3.20. The number of hydrogen-bond acceptors (Lipinski definition) is 5. The minimum Gasteiger partial charge on any atom is -0.459 e. The van der Waals surface area contributed by atoms with Crippen LogP contribution < -0.4 is 0 Å². The number of pyridine rings is 1. The van der Waals surface area contributed by atoms with Crippen molar-refractivity contribution in [3.63, 3.8) is 0 Å². The van der Waals surface area contributed by atoms with Gasteiger partial charge in [-0.25, -0.2) is 0 Å². The molecule has 0 aliphatic carbocycles. The zero-order valence-corrected chi connectivity index (χ0v) is 18.3. The molecule has 2 aromatic rings. The summed E-state index contributed by atoms with van der Waals surface area (Å²) < 4.78 is 5.52.